The second-order valence-electron chi connectivity index (χ2n) is 7.17. The minimum absolute atomic E-state index is 0.0227. The summed E-state index contributed by atoms with van der Waals surface area (Å²) in [5.41, 5.74) is 0.539. The molecular weight excluding hydrogens is 528 g/mol. The topological polar surface area (TPSA) is 134 Å². The van der Waals surface area contributed by atoms with Gasteiger partial charge in [-0.3, -0.25) is 9.69 Å². The average Bonchev–Trinajstić information content (AvgIpc) is 3.41. The maximum atomic E-state index is 12.9. The van der Waals surface area contributed by atoms with E-state index in [-0.39, 0.29) is 23.8 Å². The van der Waals surface area contributed by atoms with Crippen LogP contribution in [-0.2, 0) is 25.6 Å². The van der Waals surface area contributed by atoms with Gasteiger partial charge in [-0.15, -0.1) is 0 Å². The zero-order valence-electron chi connectivity index (χ0n) is 19.4. The lowest BCUT2D eigenvalue weighted by molar-refractivity contribution is -0.148. The number of carbonyl (C=O) groups excluding carboxylic acids is 4. The first-order valence-electron chi connectivity index (χ1n) is 10.4. The van der Waals surface area contributed by atoms with Crippen LogP contribution in [0.1, 0.15) is 35.7 Å². The number of urea groups is 1. The molecule has 1 N–H and O–H groups in total. The molecule has 11 nitrogen and oxygen atoms in total. The number of halogens is 1. The summed E-state index contributed by atoms with van der Waals surface area (Å²) >= 11 is 3.42. The van der Waals surface area contributed by atoms with Gasteiger partial charge in [0.1, 0.15) is 11.5 Å². The van der Waals surface area contributed by atoms with Gasteiger partial charge in [-0.1, -0.05) is 15.9 Å². The predicted octanol–water partition coefficient (Wildman–Crippen LogP) is 3.26. The number of methoxy groups -OCH3 is 2. The SMILES string of the molecule is CCOc1cc(/C=C2\NC(=O)N(Cc3ccc(C(=O)OC)o3)C2=O)c(Br)cc1O[C@H](C)C(=O)OC. The van der Waals surface area contributed by atoms with Gasteiger partial charge >= 0.3 is 18.0 Å². The van der Waals surface area contributed by atoms with Gasteiger partial charge in [0, 0.05) is 4.47 Å². The Bertz CT molecular complexity index is 1190. The van der Waals surface area contributed by atoms with Crippen LogP contribution in [0.5, 0.6) is 11.5 Å². The highest BCUT2D eigenvalue weighted by atomic mass is 79.9. The highest BCUT2D eigenvalue weighted by Gasteiger charge is 2.34. The third kappa shape index (κ3) is 5.83. The van der Waals surface area contributed by atoms with Gasteiger partial charge in [-0.25, -0.2) is 14.4 Å². The van der Waals surface area contributed by atoms with Crippen LogP contribution in [-0.4, -0.2) is 55.7 Å². The molecule has 1 fully saturated rings. The molecule has 0 bridgehead atoms. The van der Waals surface area contributed by atoms with E-state index in [1.54, 1.807) is 26.0 Å². The number of furan rings is 1. The number of nitrogens with zero attached hydrogens (tertiary/aromatic N) is 1. The van der Waals surface area contributed by atoms with E-state index in [0.717, 1.165) is 4.90 Å². The summed E-state index contributed by atoms with van der Waals surface area (Å²) in [5, 5.41) is 2.52. The first-order valence-corrected chi connectivity index (χ1v) is 11.2. The van der Waals surface area contributed by atoms with Crippen molar-refractivity contribution in [2.45, 2.75) is 26.5 Å². The monoisotopic (exact) mass is 550 g/mol. The Labute approximate surface area is 209 Å². The number of hydrogen-bond acceptors (Lipinski definition) is 9. The van der Waals surface area contributed by atoms with E-state index in [4.69, 9.17) is 13.9 Å². The van der Waals surface area contributed by atoms with E-state index in [1.165, 1.54) is 32.4 Å². The highest BCUT2D eigenvalue weighted by molar-refractivity contribution is 9.10. The van der Waals surface area contributed by atoms with Crippen LogP contribution >= 0.6 is 15.9 Å². The van der Waals surface area contributed by atoms with Gasteiger partial charge in [-0.05, 0) is 49.8 Å². The molecule has 1 saturated heterocycles. The Morgan fingerprint density at radius 3 is 2.57 bits per heavy atom. The zero-order chi connectivity index (χ0) is 25.7. The third-order valence-electron chi connectivity index (χ3n) is 4.82. The molecule has 3 amide bonds. The third-order valence-corrected chi connectivity index (χ3v) is 5.51. The summed E-state index contributed by atoms with van der Waals surface area (Å²) in [7, 11) is 2.48. The first kappa shape index (κ1) is 25.8. The van der Waals surface area contributed by atoms with Gasteiger partial charge in [0.25, 0.3) is 5.91 Å². The molecule has 0 unspecified atom stereocenters. The van der Waals surface area contributed by atoms with Crippen LogP contribution in [0.25, 0.3) is 6.08 Å². The van der Waals surface area contributed by atoms with Crippen molar-refractivity contribution < 1.29 is 42.5 Å². The number of nitrogens with one attached hydrogen (secondary N) is 1. The fourth-order valence-electron chi connectivity index (χ4n) is 3.13. The molecule has 0 spiro atoms. The summed E-state index contributed by atoms with van der Waals surface area (Å²) in [6, 6.07) is 5.43. The number of hydrogen-bond donors (Lipinski definition) is 1. The van der Waals surface area contributed by atoms with E-state index < -0.39 is 30.0 Å². The summed E-state index contributed by atoms with van der Waals surface area (Å²) < 4.78 is 26.4. The lowest BCUT2D eigenvalue weighted by Gasteiger charge is -2.17. The molecule has 1 aliphatic heterocycles. The van der Waals surface area contributed by atoms with Gasteiger partial charge in [-0.2, -0.15) is 0 Å². The molecule has 1 aromatic carbocycles. The van der Waals surface area contributed by atoms with Crippen LogP contribution in [0.15, 0.2) is 38.9 Å². The summed E-state index contributed by atoms with van der Waals surface area (Å²) in [5.74, 6) is -0.991. The van der Waals surface area contributed by atoms with E-state index in [1.807, 2.05) is 0 Å². The molecule has 1 aliphatic rings. The average molecular weight is 551 g/mol. The lowest BCUT2D eigenvalue weighted by Crippen LogP contribution is -2.30. The van der Waals surface area contributed by atoms with Gasteiger partial charge in [0.15, 0.2) is 17.6 Å². The molecule has 3 rings (SSSR count). The van der Waals surface area contributed by atoms with Crippen molar-refractivity contribution >= 4 is 45.9 Å². The molecule has 0 aliphatic carbocycles. The minimum Gasteiger partial charge on any atom is -0.490 e. The maximum Gasteiger partial charge on any atom is 0.373 e. The lowest BCUT2D eigenvalue weighted by atomic mass is 10.1. The first-order chi connectivity index (χ1) is 16.7. The molecule has 186 valence electrons. The molecular formula is C23H23BrN2O9. The Kier molecular flexibility index (Phi) is 8.18. The standard InChI is InChI=1S/C23H23BrN2O9/c1-5-33-18-9-13(15(24)10-19(18)34-12(2)21(28)31-3)8-16-20(27)26(23(30)25-16)11-14-6-7-17(35-14)22(29)32-4/h6-10,12H,5,11H2,1-4H3,(H,25,30)/b16-8-/t12-/m1/s1. The fourth-order valence-corrected chi connectivity index (χ4v) is 3.56. The van der Waals surface area contributed by atoms with Crippen molar-refractivity contribution in [2.24, 2.45) is 0 Å². The number of carbonyl (C=O) groups is 4. The van der Waals surface area contributed by atoms with Crippen molar-refractivity contribution in [3.05, 3.63) is 51.5 Å². The number of ether oxygens (including phenoxy) is 4. The van der Waals surface area contributed by atoms with Crippen molar-refractivity contribution in [2.75, 3.05) is 20.8 Å². The van der Waals surface area contributed by atoms with Gasteiger partial charge in [0.05, 0.1) is 27.4 Å². The van der Waals surface area contributed by atoms with E-state index in [2.05, 4.69) is 30.7 Å². The van der Waals surface area contributed by atoms with Crippen LogP contribution in [0.4, 0.5) is 4.79 Å². The molecule has 1 atom stereocenters. The quantitative estimate of drug-likeness (QED) is 0.283. The number of amides is 3. The normalized spacial score (nSPS) is 15.1. The number of rotatable bonds is 9. The molecule has 1 aromatic heterocycles. The van der Waals surface area contributed by atoms with E-state index in [9.17, 15) is 19.2 Å². The minimum atomic E-state index is -0.874. The Morgan fingerprint density at radius 2 is 1.91 bits per heavy atom. The van der Waals surface area contributed by atoms with Crippen molar-refractivity contribution in [3.8, 4) is 11.5 Å². The molecule has 0 radical (unpaired) electrons. The predicted molar refractivity (Wildman–Crippen MR) is 125 cm³/mol. The largest absolute Gasteiger partial charge is 0.490 e. The Hall–Kier alpha value is -3.80. The zero-order valence-corrected chi connectivity index (χ0v) is 21.0. The molecule has 0 saturated carbocycles. The number of imide groups is 1. The van der Waals surface area contributed by atoms with E-state index in [0.29, 0.717) is 28.1 Å². The van der Waals surface area contributed by atoms with Crippen molar-refractivity contribution in [1.29, 1.82) is 0 Å². The number of benzene rings is 1. The van der Waals surface area contributed by atoms with Crippen molar-refractivity contribution in [1.82, 2.24) is 10.2 Å². The maximum absolute atomic E-state index is 12.9. The smallest absolute Gasteiger partial charge is 0.373 e. The molecule has 2 heterocycles. The van der Waals surface area contributed by atoms with Crippen molar-refractivity contribution in [3.63, 3.8) is 0 Å². The van der Waals surface area contributed by atoms with E-state index >= 15 is 0 Å². The van der Waals surface area contributed by atoms with Crippen LogP contribution < -0.4 is 14.8 Å². The van der Waals surface area contributed by atoms with Crippen LogP contribution in [0, 0.1) is 0 Å². The van der Waals surface area contributed by atoms with Crippen LogP contribution in [0.3, 0.4) is 0 Å². The summed E-state index contributed by atoms with van der Waals surface area (Å²) in [6.45, 7) is 3.47. The van der Waals surface area contributed by atoms with Gasteiger partial charge in [0.2, 0.25) is 5.76 Å². The summed E-state index contributed by atoms with van der Waals surface area (Å²) in [4.78, 5) is 49.5. The molecule has 35 heavy (non-hydrogen) atoms. The highest BCUT2D eigenvalue weighted by Crippen LogP contribution is 2.36. The Morgan fingerprint density at radius 1 is 1.17 bits per heavy atom. The second kappa shape index (κ2) is 11.1. The van der Waals surface area contributed by atoms with Gasteiger partial charge < -0.3 is 28.7 Å². The fraction of sp³-hybridized carbons (Fsp3) is 0.304. The Balaban J connectivity index is 1.84. The van der Waals surface area contributed by atoms with Crippen LogP contribution in [0.2, 0.25) is 0 Å². The molecule has 2 aromatic rings. The number of esters is 2. The molecule has 12 heteroatoms. The second-order valence-corrected chi connectivity index (χ2v) is 8.03. The summed E-state index contributed by atoms with van der Waals surface area (Å²) in [6.07, 6.45) is 0.600.